The average Bonchev–Trinajstić information content (AvgIpc) is 2.51. The standard InChI is InChI=1S/C11H17NO3/c1-8-3-2-5-11(6-4-8)7-9(10(13)14)12-15-11/h8H,2-7H2,1H3,(H,13,14). The maximum Gasteiger partial charge on any atom is 0.353 e. The molecule has 1 saturated carbocycles. The summed E-state index contributed by atoms with van der Waals surface area (Å²) in [6.45, 7) is 2.24. The number of hydrogen-bond donors (Lipinski definition) is 1. The molecule has 84 valence electrons. The Bertz CT molecular complexity index is 300. The van der Waals surface area contributed by atoms with Gasteiger partial charge in [-0.05, 0) is 31.6 Å². The maximum atomic E-state index is 10.8. The zero-order valence-electron chi connectivity index (χ0n) is 9.03. The molecule has 1 heterocycles. The van der Waals surface area contributed by atoms with Crippen LogP contribution in [0.3, 0.4) is 0 Å². The summed E-state index contributed by atoms with van der Waals surface area (Å²) < 4.78 is 0. The van der Waals surface area contributed by atoms with Crippen LogP contribution < -0.4 is 0 Å². The normalized spacial score (nSPS) is 35.8. The number of carbonyl (C=O) groups is 1. The molecule has 15 heavy (non-hydrogen) atoms. The van der Waals surface area contributed by atoms with Crippen LogP contribution >= 0.6 is 0 Å². The van der Waals surface area contributed by atoms with Gasteiger partial charge >= 0.3 is 5.97 Å². The molecule has 0 aromatic carbocycles. The monoisotopic (exact) mass is 211 g/mol. The first-order chi connectivity index (χ1) is 7.11. The van der Waals surface area contributed by atoms with Crippen LogP contribution in [-0.2, 0) is 9.63 Å². The van der Waals surface area contributed by atoms with E-state index in [1.807, 2.05) is 0 Å². The molecule has 4 heteroatoms. The minimum atomic E-state index is -0.941. The summed E-state index contributed by atoms with van der Waals surface area (Å²) in [6, 6.07) is 0. The molecule has 0 saturated heterocycles. The van der Waals surface area contributed by atoms with Crippen LogP contribution in [0, 0.1) is 5.92 Å². The van der Waals surface area contributed by atoms with Gasteiger partial charge in [-0.1, -0.05) is 18.5 Å². The second kappa shape index (κ2) is 3.83. The first-order valence-corrected chi connectivity index (χ1v) is 5.60. The number of nitrogens with zero attached hydrogens (tertiary/aromatic N) is 1. The molecule has 0 aromatic heterocycles. The Morgan fingerprint density at radius 2 is 2.33 bits per heavy atom. The van der Waals surface area contributed by atoms with Gasteiger partial charge in [-0.15, -0.1) is 0 Å². The third-order valence-corrected chi connectivity index (χ3v) is 3.51. The van der Waals surface area contributed by atoms with E-state index in [4.69, 9.17) is 9.94 Å². The van der Waals surface area contributed by atoms with Gasteiger partial charge in [0.15, 0.2) is 5.71 Å². The predicted molar refractivity (Wildman–Crippen MR) is 55.8 cm³/mol. The van der Waals surface area contributed by atoms with Crippen LogP contribution in [0.5, 0.6) is 0 Å². The average molecular weight is 211 g/mol. The number of hydrogen-bond acceptors (Lipinski definition) is 3. The number of aliphatic carboxylic acids is 1. The summed E-state index contributed by atoms with van der Waals surface area (Å²) in [5.74, 6) is -0.217. The Morgan fingerprint density at radius 1 is 1.53 bits per heavy atom. The molecule has 0 amide bonds. The molecular weight excluding hydrogens is 194 g/mol. The van der Waals surface area contributed by atoms with Crippen molar-refractivity contribution in [1.82, 2.24) is 0 Å². The molecule has 0 aromatic rings. The van der Waals surface area contributed by atoms with Crippen LogP contribution in [0.4, 0.5) is 0 Å². The first-order valence-electron chi connectivity index (χ1n) is 5.60. The van der Waals surface area contributed by atoms with Crippen LogP contribution in [0.2, 0.25) is 0 Å². The van der Waals surface area contributed by atoms with Crippen molar-refractivity contribution in [3.63, 3.8) is 0 Å². The lowest BCUT2D eigenvalue weighted by molar-refractivity contribution is -0.129. The zero-order chi connectivity index (χ0) is 10.9. The molecule has 0 bridgehead atoms. The van der Waals surface area contributed by atoms with E-state index in [2.05, 4.69) is 12.1 Å². The third-order valence-electron chi connectivity index (χ3n) is 3.51. The zero-order valence-corrected chi connectivity index (χ0v) is 9.03. The topological polar surface area (TPSA) is 58.9 Å². The van der Waals surface area contributed by atoms with Gasteiger partial charge in [0, 0.05) is 6.42 Å². The van der Waals surface area contributed by atoms with Crippen molar-refractivity contribution in [2.75, 3.05) is 0 Å². The molecule has 1 aliphatic carbocycles. The van der Waals surface area contributed by atoms with Crippen molar-refractivity contribution < 1.29 is 14.7 Å². The van der Waals surface area contributed by atoms with Crippen molar-refractivity contribution >= 4 is 11.7 Å². The predicted octanol–water partition coefficient (Wildman–Crippen LogP) is 2.19. The van der Waals surface area contributed by atoms with Crippen LogP contribution in [0.15, 0.2) is 5.16 Å². The van der Waals surface area contributed by atoms with E-state index < -0.39 is 5.97 Å². The van der Waals surface area contributed by atoms with Gasteiger partial charge in [-0.3, -0.25) is 0 Å². The molecule has 2 unspecified atom stereocenters. The third kappa shape index (κ3) is 2.13. The number of oxime groups is 1. The SMILES string of the molecule is CC1CCCC2(CC1)CC(C(=O)O)=NO2. The fourth-order valence-electron chi connectivity index (χ4n) is 2.46. The van der Waals surface area contributed by atoms with Crippen LogP contribution in [0.1, 0.15) is 45.4 Å². The number of carboxylic acids is 1. The molecule has 1 spiro atoms. The fourth-order valence-corrected chi connectivity index (χ4v) is 2.46. The first kappa shape index (κ1) is 10.5. The van der Waals surface area contributed by atoms with E-state index in [0.29, 0.717) is 6.42 Å². The Labute approximate surface area is 89.3 Å². The molecule has 2 atom stereocenters. The Morgan fingerprint density at radius 3 is 3.00 bits per heavy atom. The van der Waals surface area contributed by atoms with Gasteiger partial charge in [0.1, 0.15) is 5.60 Å². The summed E-state index contributed by atoms with van der Waals surface area (Å²) in [5, 5.41) is 12.5. The lowest BCUT2D eigenvalue weighted by atomic mass is 9.89. The number of carboxylic acid groups (broad SMARTS) is 1. The molecule has 1 fully saturated rings. The number of rotatable bonds is 1. The summed E-state index contributed by atoms with van der Waals surface area (Å²) in [6.07, 6.45) is 5.81. The highest BCUT2D eigenvalue weighted by molar-refractivity contribution is 6.36. The van der Waals surface area contributed by atoms with Gasteiger partial charge in [-0.2, -0.15) is 0 Å². The van der Waals surface area contributed by atoms with Crippen molar-refractivity contribution in [3.05, 3.63) is 0 Å². The maximum absolute atomic E-state index is 10.8. The molecule has 2 rings (SSSR count). The van der Waals surface area contributed by atoms with Crippen LogP contribution in [-0.4, -0.2) is 22.4 Å². The van der Waals surface area contributed by atoms with E-state index >= 15 is 0 Å². The molecule has 1 aliphatic heterocycles. The molecule has 4 nitrogen and oxygen atoms in total. The van der Waals surface area contributed by atoms with Crippen molar-refractivity contribution in [2.45, 2.75) is 51.0 Å². The lowest BCUT2D eigenvalue weighted by Crippen LogP contribution is -2.29. The van der Waals surface area contributed by atoms with E-state index in [-0.39, 0.29) is 11.3 Å². The highest BCUT2D eigenvalue weighted by atomic mass is 16.7. The van der Waals surface area contributed by atoms with Gasteiger partial charge in [0.2, 0.25) is 0 Å². The van der Waals surface area contributed by atoms with Gasteiger partial charge in [0.25, 0.3) is 0 Å². The van der Waals surface area contributed by atoms with Crippen molar-refractivity contribution in [1.29, 1.82) is 0 Å². The largest absolute Gasteiger partial charge is 0.477 e. The van der Waals surface area contributed by atoms with E-state index in [0.717, 1.165) is 31.6 Å². The molecule has 2 aliphatic rings. The lowest BCUT2D eigenvalue weighted by Gasteiger charge is -2.24. The second-order valence-corrected chi connectivity index (χ2v) is 4.83. The molecule has 1 N–H and O–H groups in total. The summed E-state index contributed by atoms with van der Waals surface area (Å²) in [5.41, 5.74) is -0.108. The van der Waals surface area contributed by atoms with Crippen molar-refractivity contribution in [3.8, 4) is 0 Å². The molecular formula is C11H17NO3. The van der Waals surface area contributed by atoms with Gasteiger partial charge < -0.3 is 9.94 Å². The summed E-state index contributed by atoms with van der Waals surface area (Å²) >= 11 is 0. The fraction of sp³-hybridized carbons (Fsp3) is 0.818. The highest BCUT2D eigenvalue weighted by Crippen LogP contribution is 2.38. The van der Waals surface area contributed by atoms with Gasteiger partial charge in [0.05, 0.1) is 0 Å². The highest BCUT2D eigenvalue weighted by Gasteiger charge is 2.42. The van der Waals surface area contributed by atoms with E-state index in [9.17, 15) is 4.79 Å². The van der Waals surface area contributed by atoms with Crippen molar-refractivity contribution in [2.24, 2.45) is 11.1 Å². The van der Waals surface area contributed by atoms with Gasteiger partial charge in [-0.25, -0.2) is 4.79 Å². The Balaban J connectivity index is 2.02. The van der Waals surface area contributed by atoms with E-state index in [1.165, 1.54) is 6.42 Å². The molecule has 0 radical (unpaired) electrons. The second-order valence-electron chi connectivity index (χ2n) is 4.83. The quantitative estimate of drug-likeness (QED) is 0.723. The smallest absolute Gasteiger partial charge is 0.353 e. The van der Waals surface area contributed by atoms with Crippen LogP contribution in [0.25, 0.3) is 0 Å². The minimum absolute atomic E-state index is 0.185. The van der Waals surface area contributed by atoms with E-state index in [1.54, 1.807) is 0 Å². The summed E-state index contributed by atoms with van der Waals surface area (Å²) in [4.78, 5) is 16.2. The minimum Gasteiger partial charge on any atom is -0.477 e. The Hall–Kier alpha value is -1.06. The summed E-state index contributed by atoms with van der Waals surface area (Å²) in [7, 11) is 0. The Kier molecular flexibility index (Phi) is 2.67.